The molecule has 1 aliphatic heterocycles. The average molecular weight is 423 g/mol. The van der Waals surface area contributed by atoms with Crippen molar-refractivity contribution in [1.29, 1.82) is 0 Å². The zero-order valence-electron chi connectivity index (χ0n) is 16.6. The summed E-state index contributed by atoms with van der Waals surface area (Å²) in [6.07, 6.45) is 1.22. The van der Waals surface area contributed by atoms with E-state index in [1.54, 1.807) is 36.4 Å². The first kappa shape index (κ1) is 20.2. The Morgan fingerprint density at radius 2 is 1.90 bits per heavy atom. The maximum Gasteiger partial charge on any atom is 0.269 e. The Hall–Kier alpha value is -3.13. The SMILES string of the molecule is Cc1cc(C(=O)N2CCSCC2)ccc1NC(=O)Cn1c(=O)cnc2ccccc21. The van der Waals surface area contributed by atoms with E-state index in [4.69, 9.17) is 0 Å². The molecular formula is C22H22N4O3S. The van der Waals surface area contributed by atoms with Crippen LogP contribution in [0, 0.1) is 6.92 Å². The van der Waals surface area contributed by atoms with Crippen molar-refractivity contribution in [2.45, 2.75) is 13.5 Å². The van der Waals surface area contributed by atoms with Crippen molar-refractivity contribution in [3.8, 4) is 0 Å². The second kappa shape index (κ2) is 8.71. The van der Waals surface area contributed by atoms with Crippen LogP contribution >= 0.6 is 11.8 Å². The smallest absolute Gasteiger partial charge is 0.269 e. The molecule has 0 aliphatic carbocycles. The van der Waals surface area contributed by atoms with Crippen molar-refractivity contribution >= 4 is 40.3 Å². The van der Waals surface area contributed by atoms with Gasteiger partial charge in [0.25, 0.3) is 11.5 Å². The Kier molecular flexibility index (Phi) is 5.85. The normalized spacial score (nSPS) is 14.0. The molecule has 1 N–H and O–H groups in total. The fourth-order valence-corrected chi connectivity index (χ4v) is 4.40. The van der Waals surface area contributed by atoms with E-state index in [2.05, 4.69) is 10.3 Å². The number of amides is 2. The summed E-state index contributed by atoms with van der Waals surface area (Å²) in [6, 6.07) is 12.5. The fraction of sp³-hybridized carbons (Fsp3) is 0.273. The minimum absolute atomic E-state index is 0.0195. The second-order valence-corrected chi connectivity index (χ2v) is 8.38. The Labute approximate surface area is 178 Å². The molecule has 3 aromatic rings. The molecule has 4 rings (SSSR count). The highest BCUT2D eigenvalue weighted by atomic mass is 32.2. The van der Waals surface area contributed by atoms with E-state index in [1.165, 1.54) is 10.8 Å². The fourth-order valence-electron chi connectivity index (χ4n) is 3.50. The summed E-state index contributed by atoms with van der Waals surface area (Å²) in [7, 11) is 0. The number of carbonyl (C=O) groups is 2. The molecule has 0 spiro atoms. The van der Waals surface area contributed by atoms with Gasteiger partial charge >= 0.3 is 0 Å². The topological polar surface area (TPSA) is 84.3 Å². The molecule has 1 aliphatic rings. The van der Waals surface area contributed by atoms with E-state index >= 15 is 0 Å². The van der Waals surface area contributed by atoms with Crippen LogP contribution < -0.4 is 10.9 Å². The third kappa shape index (κ3) is 4.23. The van der Waals surface area contributed by atoms with Crippen LogP contribution in [0.5, 0.6) is 0 Å². The van der Waals surface area contributed by atoms with Crippen LogP contribution in [0.25, 0.3) is 11.0 Å². The monoisotopic (exact) mass is 422 g/mol. The van der Waals surface area contributed by atoms with Crippen LogP contribution in [-0.2, 0) is 11.3 Å². The predicted molar refractivity (Wildman–Crippen MR) is 119 cm³/mol. The lowest BCUT2D eigenvalue weighted by Crippen LogP contribution is -2.37. The average Bonchev–Trinajstić information content (AvgIpc) is 2.77. The molecule has 1 aromatic heterocycles. The largest absolute Gasteiger partial charge is 0.337 e. The molecule has 1 saturated heterocycles. The molecular weight excluding hydrogens is 400 g/mol. The molecule has 154 valence electrons. The summed E-state index contributed by atoms with van der Waals surface area (Å²) in [6.45, 7) is 3.26. The van der Waals surface area contributed by atoms with Crippen molar-refractivity contribution in [3.63, 3.8) is 0 Å². The number of fused-ring (bicyclic) bond motifs is 1. The van der Waals surface area contributed by atoms with Crippen LogP contribution in [0.4, 0.5) is 5.69 Å². The number of nitrogens with one attached hydrogen (secondary N) is 1. The van der Waals surface area contributed by atoms with Gasteiger partial charge in [0.1, 0.15) is 6.54 Å². The molecule has 2 aromatic carbocycles. The van der Waals surface area contributed by atoms with Gasteiger partial charge in [0.2, 0.25) is 5.91 Å². The molecule has 7 nitrogen and oxygen atoms in total. The minimum atomic E-state index is -0.332. The van der Waals surface area contributed by atoms with Gasteiger partial charge in [-0.25, -0.2) is 4.98 Å². The molecule has 1 fully saturated rings. The third-order valence-corrected chi connectivity index (χ3v) is 6.04. The van der Waals surface area contributed by atoms with Gasteiger partial charge in [0.05, 0.1) is 17.2 Å². The van der Waals surface area contributed by atoms with Crippen LogP contribution in [-0.4, -0.2) is 50.9 Å². The highest BCUT2D eigenvalue weighted by Crippen LogP contribution is 2.20. The van der Waals surface area contributed by atoms with E-state index < -0.39 is 0 Å². The lowest BCUT2D eigenvalue weighted by molar-refractivity contribution is -0.116. The Morgan fingerprint density at radius 3 is 2.67 bits per heavy atom. The maximum absolute atomic E-state index is 12.7. The van der Waals surface area contributed by atoms with E-state index in [1.807, 2.05) is 29.7 Å². The Morgan fingerprint density at radius 1 is 1.13 bits per heavy atom. The zero-order valence-corrected chi connectivity index (χ0v) is 17.4. The van der Waals surface area contributed by atoms with Gasteiger partial charge in [-0.2, -0.15) is 11.8 Å². The summed E-state index contributed by atoms with van der Waals surface area (Å²) in [5, 5.41) is 2.85. The molecule has 30 heavy (non-hydrogen) atoms. The van der Waals surface area contributed by atoms with E-state index in [0.29, 0.717) is 22.3 Å². The molecule has 0 unspecified atom stereocenters. The van der Waals surface area contributed by atoms with Crippen LogP contribution in [0.2, 0.25) is 0 Å². The van der Waals surface area contributed by atoms with Crippen molar-refractivity contribution in [2.24, 2.45) is 0 Å². The van der Waals surface area contributed by atoms with Gasteiger partial charge in [-0.05, 0) is 42.8 Å². The van der Waals surface area contributed by atoms with Gasteiger partial charge in [-0.1, -0.05) is 12.1 Å². The quantitative estimate of drug-likeness (QED) is 0.699. The van der Waals surface area contributed by atoms with Crippen LogP contribution in [0.1, 0.15) is 15.9 Å². The van der Waals surface area contributed by atoms with Gasteiger partial charge in [0.15, 0.2) is 0 Å². The number of carbonyl (C=O) groups excluding carboxylic acids is 2. The second-order valence-electron chi connectivity index (χ2n) is 7.15. The lowest BCUT2D eigenvalue weighted by atomic mass is 10.1. The van der Waals surface area contributed by atoms with Crippen LogP contribution in [0.15, 0.2) is 53.5 Å². The molecule has 2 heterocycles. The summed E-state index contributed by atoms with van der Waals surface area (Å²) in [4.78, 5) is 43.5. The van der Waals surface area contributed by atoms with Gasteiger partial charge in [-0.3, -0.25) is 19.0 Å². The first-order valence-electron chi connectivity index (χ1n) is 9.75. The number of benzene rings is 2. The standard InChI is InChI=1S/C22H22N4O3S/c1-15-12-16(22(29)25-8-10-30-11-9-25)6-7-17(15)24-20(27)14-26-19-5-3-2-4-18(19)23-13-21(26)28/h2-7,12-13H,8-11,14H2,1H3,(H,24,27). The molecule has 0 saturated carbocycles. The van der Waals surface area contributed by atoms with E-state index in [0.717, 1.165) is 30.2 Å². The minimum Gasteiger partial charge on any atom is -0.337 e. The first-order valence-corrected chi connectivity index (χ1v) is 10.9. The molecule has 8 heteroatoms. The number of nitrogens with zero attached hydrogens (tertiary/aromatic N) is 3. The predicted octanol–water partition coefficient (Wildman–Crippen LogP) is 2.53. The van der Waals surface area contributed by atoms with Crippen molar-refractivity contribution in [2.75, 3.05) is 29.9 Å². The number of anilines is 1. The highest BCUT2D eigenvalue weighted by molar-refractivity contribution is 7.99. The van der Waals surface area contributed by atoms with Gasteiger partial charge in [-0.15, -0.1) is 0 Å². The number of hydrogen-bond acceptors (Lipinski definition) is 5. The summed E-state index contributed by atoms with van der Waals surface area (Å²) in [5.41, 5.74) is 2.97. The number of para-hydroxylation sites is 2. The third-order valence-electron chi connectivity index (χ3n) is 5.10. The first-order chi connectivity index (χ1) is 14.5. The van der Waals surface area contributed by atoms with Gasteiger partial charge in [0, 0.05) is 35.8 Å². The number of aryl methyl sites for hydroxylation is 1. The number of hydrogen-bond donors (Lipinski definition) is 1. The molecule has 2 amide bonds. The molecule has 0 radical (unpaired) electrons. The highest BCUT2D eigenvalue weighted by Gasteiger charge is 2.19. The number of rotatable bonds is 4. The number of aromatic nitrogens is 2. The van der Waals surface area contributed by atoms with Crippen LogP contribution in [0.3, 0.4) is 0 Å². The van der Waals surface area contributed by atoms with Crippen molar-refractivity contribution in [3.05, 3.63) is 70.1 Å². The number of thioether (sulfide) groups is 1. The summed E-state index contributed by atoms with van der Waals surface area (Å²) >= 11 is 1.86. The van der Waals surface area contributed by atoms with Crippen molar-refractivity contribution < 1.29 is 9.59 Å². The summed E-state index contributed by atoms with van der Waals surface area (Å²) in [5.74, 6) is 1.62. The van der Waals surface area contributed by atoms with Gasteiger partial charge < -0.3 is 10.2 Å². The Bertz CT molecular complexity index is 1170. The molecule has 0 atom stereocenters. The zero-order chi connectivity index (χ0) is 21.1. The Balaban J connectivity index is 1.50. The molecule has 0 bridgehead atoms. The maximum atomic E-state index is 12.7. The summed E-state index contributed by atoms with van der Waals surface area (Å²) < 4.78 is 1.40. The lowest BCUT2D eigenvalue weighted by Gasteiger charge is -2.26. The van der Waals surface area contributed by atoms with E-state index in [9.17, 15) is 14.4 Å². The van der Waals surface area contributed by atoms with Crippen molar-refractivity contribution in [1.82, 2.24) is 14.5 Å². The van der Waals surface area contributed by atoms with E-state index in [-0.39, 0.29) is 23.9 Å².